The molecule has 0 radical (unpaired) electrons. The van der Waals surface area contributed by atoms with Crippen molar-refractivity contribution in [1.29, 1.82) is 0 Å². The third kappa shape index (κ3) is 2.04. The zero-order valence-electron chi connectivity index (χ0n) is 7.22. The number of rotatable bonds is 2. The minimum absolute atomic E-state index is 0.220. The van der Waals surface area contributed by atoms with Gasteiger partial charge in [0.15, 0.2) is 0 Å². The van der Waals surface area contributed by atoms with Crippen LogP contribution in [-0.4, -0.2) is 9.97 Å². The van der Waals surface area contributed by atoms with Crippen molar-refractivity contribution in [1.82, 2.24) is 9.97 Å². The fourth-order valence-corrected chi connectivity index (χ4v) is 0.975. The molecule has 14 heavy (non-hydrogen) atoms. The van der Waals surface area contributed by atoms with Crippen LogP contribution in [-0.2, 0) is 0 Å². The minimum Gasteiger partial charge on any atom is -0.437 e. The van der Waals surface area contributed by atoms with E-state index in [4.69, 9.17) is 4.74 Å². The molecule has 0 N–H and O–H groups in total. The highest BCUT2D eigenvalue weighted by Gasteiger charge is 1.98. The fraction of sp³-hybridized carbons (Fsp3) is 0. The number of pyridine rings is 2. The van der Waals surface area contributed by atoms with E-state index in [9.17, 15) is 4.39 Å². The van der Waals surface area contributed by atoms with Crippen LogP contribution in [0.5, 0.6) is 11.6 Å². The molecule has 0 fully saturated rings. The molecule has 2 aromatic heterocycles. The lowest BCUT2D eigenvalue weighted by atomic mass is 10.4. The molecular weight excluding hydrogens is 183 g/mol. The zero-order chi connectivity index (χ0) is 9.80. The molecule has 70 valence electrons. The van der Waals surface area contributed by atoms with Crippen LogP contribution < -0.4 is 4.74 Å². The normalized spacial score (nSPS) is 9.79. The van der Waals surface area contributed by atoms with Crippen LogP contribution in [0.1, 0.15) is 0 Å². The molecule has 0 spiro atoms. The van der Waals surface area contributed by atoms with Gasteiger partial charge in [-0.3, -0.25) is 4.98 Å². The Morgan fingerprint density at radius 2 is 2.07 bits per heavy atom. The molecule has 0 aliphatic heterocycles. The first-order chi connectivity index (χ1) is 6.84. The maximum Gasteiger partial charge on any atom is 0.221 e. The first-order valence-corrected chi connectivity index (χ1v) is 4.05. The highest BCUT2D eigenvalue weighted by molar-refractivity contribution is 5.22. The predicted molar refractivity (Wildman–Crippen MR) is 48.5 cm³/mol. The van der Waals surface area contributed by atoms with Gasteiger partial charge in [0.1, 0.15) is 5.75 Å². The number of halogens is 1. The minimum atomic E-state index is -0.564. The van der Waals surface area contributed by atoms with Gasteiger partial charge in [-0.25, -0.2) is 0 Å². The second kappa shape index (κ2) is 3.83. The molecule has 4 heteroatoms. The van der Waals surface area contributed by atoms with Gasteiger partial charge in [-0.2, -0.15) is 9.37 Å². The Morgan fingerprint density at radius 3 is 2.79 bits per heavy atom. The molecule has 0 unspecified atom stereocenters. The van der Waals surface area contributed by atoms with Crippen LogP contribution in [0.2, 0.25) is 0 Å². The summed E-state index contributed by atoms with van der Waals surface area (Å²) in [7, 11) is 0. The molecule has 0 aromatic carbocycles. The SMILES string of the molecule is Fc1cccc(Oc2cccnc2)n1. The standard InChI is InChI=1S/C10H7FN2O/c11-9-4-1-5-10(13-9)14-8-3-2-6-12-7-8/h1-7H. The predicted octanol–water partition coefficient (Wildman–Crippen LogP) is 2.41. The van der Waals surface area contributed by atoms with Crippen molar-refractivity contribution >= 4 is 0 Å². The first kappa shape index (κ1) is 8.62. The molecular formula is C10H7FN2O. The van der Waals surface area contributed by atoms with E-state index in [0.29, 0.717) is 5.75 Å². The Bertz CT molecular complexity index is 419. The number of aromatic nitrogens is 2. The average molecular weight is 190 g/mol. The lowest BCUT2D eigenvalue weighted by molar-refractivity contribution is 0.443. The molecule has 0 aliphatic carbocycles. The quantitative estimate of drug-likeness (QED) is 0.682. The monoisotopic (exact) mass is 190 g/mol. The molecule has 0 aliphatic rings. The van der Waals surface area contributed by atoms with Crippen LogP contribution in [0.4, 0.5) is 4.39 Å². The summed E-state index contributed by atoms with van der Waals surface area (Å²) in [6.07, 6.45) is 3.17. The molecule has 0 saturated carbocycles. The Balaban J connectivity index is 2.19. The van der Waals surface area contributed by atoms with Crippen molar-refractivity contribution < 1.29 is 9.13 Å². The van der Waals surface area contributed by atoms with Crippen molar-refractivity contribution in [2.45, 2.75) is 0 Å². The van der Waals surface area contributed by atoms with Gasteiger partial charge in [-0.15, -0.1) is 0 Å². The van der Waals surface area contributed by atoms with E-state index in [2.05, 4.69) is 9.97 Å². The first-order valence-electron chi connectivity index (χ1n) is 4.05. The molecule has 2 aromatic rings. The molecule has 3 nitrogen and oxygen atoms in total. The largest absolute Gasteiger partial charge is 0.437 e. The Morgan fingerprint density at radius 1 is 1.14 bits per heavy atom. The van der Waals surface area contributed by atoms with E-state index in [0.717, 1.165) is 0 Å². The highest BCUT2D eigenvalue weighted by Crippen LogP contribution is 2.17. The van der Waals surface area contributed by atoms with Crippen LogP contribution in [0.25, 0.3) is 0 Å². The third-order valence-corrected chi connectivity index (χ3v) is 1.55. The second-order valence-electron chi connectivity index (χ2n) is 2.59. The van der Waals surface area contributed by atoms with Crippen molar-refractivity contribution in [3.63, 3.8) is 0 Å². The molecule has 0 atom stereocenters. The molecule has 2 heterocycles. The smallest absolute Gasteiger partial charge is 0.221 e. The van der Waals surface area contributed by atoms with Gasteiger partial charge >= 0.3 is 0 Å². The Labute approximate surface area is 80.2 Å². The van der Waals surface area contributed by atoms with E-state index < -0.39 is 5.95 Å². The van der Waals surface area contributed by atoms with Crippen molar-refractivity contribution in [3.05, 3.63) is 48.7 Å². The number of hydrogen-bond acceptors (Lipinski definition) is 3. The lowest BCUT2D eigenvalue weighted by Gasteiger charge is -2.02. The average Bonchev–Trinajstić information content (AvgIpc) is 2.19. The molecule has 0 amide bonds. The summed E-state index contributed by atoms with van der Waals surface area (Å²) in [5.41, 5.74) is 0. The van der Waals surface area contributed by atoms with Gasteiger partial charge in [-0.1, -0.05) is 6.07 Å². The van der Waals surface area contributed by atoms with Crippen molar-refractivity contribution in [3.8, 4) is 11.6 Å². The van der Waals surface area contributed by atoms with E-state index in [1.165, 1.54) is 18.3 Å². The number of ether oxygens (including phenoxy) is 1. The summed E-state index contributed by atoms with van der Waals surface area (Å²) >= 11 is 0. The molecule has 2 rings (SSSR count). The maximum absolute atomic E-state index is 12.7. The summed E-state index contributed by atoms with van der Waals surface area (Å²) in [4.78, 5) is 7.41. The van der Waals surface area contributed by atoms with Gasteiger partial charge in [0.05, 0.1) is 6.20 Å². The van der Waals surface area contributed by atoms with Crippen LogP contribution in [0, 0.1) is 5.95 Å². The topological polar surface area (TPSA) is 35.0 Å². The number of hydrogen-bond donors (Lipinski definition) is 0. The second-order valence-corrected chi connectivity index (χ2v) is 2.59. The lowest BCUT2D eigenvalue weighted by Crippen LogP contribution is -1.89. The number of nitrogens with zero attached hydrogens (tertiary/aromatic N) is 2. The maximum atomic E-state index is 12.7. The van der Waals surface area contributed by atoms with E-state index >= 15 is 0 Å². The van der Waals surface area contributed by atoms with Crippen LogP contribution in [0.15, 0.2) is 42.7 Å². The van der Waals surface area contributed by atoms with Crippen LogP contribution in [0.3, 0.4) is 0 Å². The van der Waals surface area contributed by atoms with Gasteiger partial charge in [-0.05, 0) is 18.2 Å². The van der Waals surface area contributed by atoms with E-state index in [1.807, 2.05) is 0 Å². The Hall–Kier alpha value is -1.97. The third-order valence-electron chi connectivity index (χ3n) is 1.55. The van der Waals surface area contributed by atoms with E-state index in [-0.39, 0.29) is 5.88 Å². The fourth-order valence-electron chi connectivity index (χ4n) is 0.975. The summed E-state index contributed by atoms with van der Waals surface area (Å²) in [5.74, 6) is 0.190. The molecule has 0 bridgehead atoms. The van der Waals surface area contributed by atoms with Crippen molar-refractivity contribution in [2.24, 2.45) is 0 Å². The van der Waals surface area contributed by atoms with Crippen molar-refractivity contribution in [2.75, 3.05) is 0 Å². The van der Waals surface area contributed by atoms with Gasteiger partial charge in [0.2, 0.25) is 11.8 Å². The van der Waals surface area contributed by atoms with Gasteiger partial charge in [0.25, 0.3) is 0 Å². The summed E-state index contributed by atoms with van der Waals surface area (Å²) < 4.78 is 17.9. The highest BCUT2D eigenvalue weighted by atomic mass is 19.1. The Kier molecular flexibility index (Phi) is 2.36. The molecule has 0 saturated heterocycles. The summed E-state index contributed by atoms with van der Waals surface area (Å²) in [5, 5.41) is 0. The summed E-state index contributed by atoms with van der Waals surface area (Å²) in [6, 6.07) is 7.83. The summed E-state index contributed by atoms with van der Waals surface area (Å²) in [6.45, 7) is 0. The van der Waals surface area contributed by atoms with E-state index in [1.54, 1.807) is 24.4 Å². The van der Waals surface area contributed by atoms with Gasteiger partial charge in [0, 0.05) is 12.3 Å². The van der Waals surface area contributed by atoms with Crippen LogP contribution >= 0.6 is 0 Å². The zero-order valence-corrected chi connectivity index (χ0v) is 7.22. The van der Waals surface area contributed by atoms with Gasteiger partial charge < -0.3 is 4.74 Å².